The summed E-state index contributed by atoms with van der Waals surface area (Å²) in [6, 6.07) is 13.5. The monoisotopic (exact) mass is 466 g/mol. The Bertz CT molecular complexity index is 1360. The number of benzene rings is 2. The van der Waals surface area contributed by atoms with Crippen LogP contribution < -0.4 is 4.90 Å². The molecule has 0 spiro atoms. The maximum absolute atomic E-state index is 13.9. The summed E-state index contributed by atoms with van der Waals surface area (Å²) in [6.45, 7) is 11.0. The van der Waals surface area contributed by atoms with E-state index in [1.54, 1.807) is 0 Å². The van der Waals surface area contributed by atoms with Crippen LogP contribution in [0.5, 0.6) is 0 Å². The van der Waals surface area contributed by atoms with Crippen LogP contribution in [0.15, 0.2) is 30.3 Å². The van der Waals surface area contributed by atoms with Gasteiger partial charge in [-0.2, -0.15) is 5.26 Å². The van der Waals surface area contributed by atoms with Crippen molar-refractivity contribution in [2.45, 2.75) is 64.3 Å². The highest BCUT2D eigenvalue weighted by Crippen LogP contribution is 2.46. The van der Waals surface area contributed by atoms with E-state index in [4.69, 9.17) is 5.26 Å². The predicted octanol–water partition coefficient (Wildman–Crippen LogP) is 5.34. The number of nitrogens with zero attached hydrogens (tertiary/aromatic N) is 3. The van der Waals surface area contributed by atoms with E-state index in [0.29, 0.717) is 6.42 Å². The topological polar surface area (TPSA) is 63.1 Å². The van der Waals surface area contributed by atoms with Crippen LogP contribution in [0, 0.1) is 11.3 Å². The summed E-state index contributed by atoms with van der Waals surface area (Å²) in [7, 11) is 0. The van der Waals surface area contributed by atoms with Crippen molar-refractivity contribution in [1.82, 2.24) is 9.88 Å². The summed E-state index contributed by atoms with van der Waals surface area (Å²) in [5.41, 5.74) is 7.92. The van der Waals surface area contributed by atoms with Crippen LogP contribution in [0.25, 0.3) is 10.9 Å². The fourth-order valence-electron chi connectivity index (χ4n) is 6.42. The molecule has 1 N–H and O–H groups in total. The molecule has 1 saturated carbocycles. The molecule has 0 bridgehead atoms. The molecule has 2 aliphatic carbocycles. The summed E-state index contributed by atoms with van der Waals surface area (Å²) >= 11 is 0. The largest absolute Gasteiger partial charge is 0.369 e. The summed E-state index contributed by atoms with van der Waals surface area (Å²) in [5.74, 6) is 0.115. The second kappa shape index (κ2) is 8.24. The quantitative estimate of drug-likeness (QED) is 0.564. The summed E-state index contributed by atoms with van der Waals surface area (Å²) in [6.07, 6.45) is 5.39. The Labute approximate surface area is 207 Å². The van der Waals surface area contributed by atoms with E-state index >= 15 is 0 Å². The fourth-order valence-corrected chi connectivity index (χ4v) is 6.42. The van der Waals surface area contributed by atoms with Gasteiger partial charge in [0.2, 0.25) is 0 Å². The highest BCUT2D eigenvalue weighted by molar-refractivity contribution is 6.20. The molecule has 5 nitrogen and oxygen atoms in total. The molecule has 35 heavy (non-hydrogen) atoms. The van der Waals surface area contributed by atoms with Crippen LogP contribution in [0.3, 0.4) is 0 Å². The van der Waals surface area contributed by atoms with Gasteiger partial charge in [0.1, 0.15) is 0 Å². The van der Waals surface area contributed by atoms with E-state index in [-0.39, 0.29) is 11.2 Å². The molecule has 2 heterocycles. The lowest BCUT2D eigenvalue weighted by Gasteiger charge is -2.44. The highest BCUT2D eigenvalue weighted by atomic mass is 16.1. The van der Waals surface area contributed by atoms with Gasteiger partial charge in [-0.3, -0.25) is 9.69 Å². The standard InChI is InChI=1S/C30H34N4O/c1-4-20-17-23-24(18-26(20)34-14-12-33(13-15-34)21-6-5-7-21)30(2,3)29-27(28(23)35)22-9-8-19(10-11-31)16-25(22)32-29/h8-9,16-18,21,32H,4-7,10,12-15H2,1-3H3. The van der Waals surface area contributed by atoms with Gasteiger partial charge in [-0.05, 0) is 54.2 Å². The number of hydrogen-bond acceptors (Lipinski definition) is 4. The second-order valence-electron chi connectivity index (χ2n) is 11.0. The predicted molar refractivity (Wildman–Crippen MR) is 140 cm³/mol. The number of carbonyl (C=O) groups excluding carboxylic acids is 1. The Kier molecular flexibility index (Phi) is 5.27. The lowest BCUT2D eigenvalue weighted by Crippen LogP contribution is -2.52. The molecule has 5 heteroatoms. The number of anilines is 1. The Morgan fingerprint density at radius 1 is 1.11 bits per heavy atom. The van der Waals surface area contributed by atoms with Gasteiger partial charge in [-0.1, -0.05) is 39.3 Å². The molecule has 2 aromatic carbocycles. The van der Waals surface area contributed by atoms with E-state index in [0.717, 1.165) is 77.5 Å². The summed E-state index contributed by atoms with van der Waals surface area (Å²) in [4.78, 5) is 22.7. The van der Waals surface area contributed by atoms with Crippen molar-refractivity contribution >= 4 is 22.4 Å². The maximum Gasteiger partial charge on any atom is 0.195 e. The zero-order chi connectivity index (χ0) is 24.3. The van der Waals surface area contributed by atoms with Crippen LogP contribution in [-0.4, -0.2) is 47.9 Å². The van der Waals surface area contributed by atoms with Crippen molar-refractivity contribution in [3.8, 4) is 6.07 Å². The average Bonchev–Trinajstić information content (AvgIpc) is 3.22. The number of aryl methyl sites for hydroxylation is 1. The van der Waals surface area contributed by atoms with Gasteiger partial charge in [0.05, 0.1) is 18.1 Å². The number of nitriles is 1. The number of piperazine rings is 1. The fraction of sp³-hybridized carbons (Fsp3) is 0.467. The van der Waals surface area contributed by atoms with Gasteiger partial charge in [0, 0.05) is 65.5 Å². The zero-order valence-corrected chi connectivity index (χ0v) is 21.1. The number of fused-ring (bicyclic) bond motifs is 4. The number of aromatic nitrogens is 1. The first-order chi connectivity index (χ1) is 16.9. The number of H-pyrrole nitrogens is 1. The third kappa shape index (κ3) is 3.42. The number of rotatable bonds is 4. The molecule has 0 radical (unpaired) electrons. The molecule has 180 valence electrons. The van der Waals surface area contributed by atoms with Crippen LogP contribution in [0.4, 0.5) is 5.69 Å². The van der Waals surface area contributed by atoms with Crippen molar-refractivity contribution in [3.63, 3.8) is 0 Å². The van der Waals surface area contributed by atoms with Gasteiger partial charge >= 0.3 is 0 Å². The second-order valence-corrected chi connectivity index (χ2v) is 11.0. The van der Waals surface area contributed by atoms with E-state index < -0.39 is 0 Å². The number of ketones is 1. The summed E-state index contributed by atoms with van der Waals surface area (Å²) < 4.78 is 0. The first kappa shape index (κ1) is 22.4. The minimum atomic E-state index is -0.318. The molecule has 0 atom stereocenters. The molecular weight excluding hydrogens is 432 g/mol. The maximum atomic E-state index is 13.9. The SMILES string of the molecule is CCc1cc2c(cc1N1CCN(C3CCC3)CC1)C(C)(C)c1[nH]c3cc(CC#N)ccc3c1C2=O. The van der Waals surface area contributed by atoms with E-state index in [9.17, 15) is 4.79 Å². The highest BCUT2D eigenvalue weighted by Gasteiger charge is 2.40. The minimum Gasteiger partial charge on any atom is -0.369 e. The van der Waals surface area contributed by atoms with Crippen LogP contribution >= 0.6 is 0 Å². The summed E-state index contributed by atoms with van der Waals surface area (Å²) in [5, 5.41) is 10.1. The van der Waals surface area contributed by atoms with Crippen molar-refractivity contribution in [1.29, 1.82) is 5.26 Å². The molecule has 0 amide bonds. The average molecular weight is 467 g/mol. The van der Waals surface area contributed by atoms with Crippen LogP contribution in [0.1, 0.15) is 78.3 Å². The van der Waals surface area contributed by atoms with Gasteiger partial charge in [-0.15, -0.1) is 0 Å². The lowest BCUT2D eigenvalue weighted by molar-refractivity contribution is 0.103. The smallest absolute Gasteiger partial charge is 0.195 e. The van der Waals surface area contributed by atoms with Gasteiger partial charge in [0.25, 0.3) is 0 Å². The van der Waals surface area contributed by atoms with Crippen molar-refractivity contribution in [3.05, 3.63) is 63.8 Å². The van der Waals surface area contributed by atoms with Crippen LogP contribution in [-0.2, 0) is 18.3 Å². The lowest BCUT2D eigenvalue weighted by atomic mass is 9.70. The number of nitrogens with one attached hydrogen (secondary N) is 1. The molecule has 3 aliphatic rings. The number of hydrogen-bond donors (Lipinski definition) is 1. The van der Waals surface area contributed by atoms with Gasteiger partial charge in [0.15, 0.2) is 5.78 Å². The molecule has 3 aromatic rings. The first-order valence-electron chi connectivity index (χ1n) is 13.2. The molecular formula is C30H34N4O. The first-order valence-corrected chi connectivity index (χ1v) is 13.2. The normalized spacial score (nSPS) is 19.8. The number of aromatic amines is 1. The van der Waals surface area contributed by atoms with Crippen molar-refractivity contribution in [2.24, 2.45) is 0 Å². The molecule has 2 fully saturated rings. The molecule has 0 unspecified atom stereocenters. The molecule has 1 aromatic heterocycles. The molecule has 6 rings (SSSR count). The number of carbonyl (C=O) groups is 1. The third-order valence-electron chi connectivity index (χ3n) is 8.76. The molecule has 1 saturated heterocycles. The Morgan fingerprint density at radius 3 is 2.54 bits per heavy atom. The Morgan fingerprint density at radius 2 is 1.89 bits per heavy atom. The minimum absolute atomic E-state index is 0.115. The van der Waals surface area contributed by atoms with E-state index in [1.807, 2.05) is 18.2 Å². The zero-order valence-electron chi connectivity index (χ0n) is 21.1. The Hall–Kier alpha value is -3.10. The van der Waals surface area contributed by atoms with Crippen molar-refractivity contribution < 1.29 is 4.79 Å². The Balaban J connectivity index is 1.41. The van der Waals surface area contributed by atoms with Gasteiger partial charge in [-0.25, -0.2) is 0 Å². The van der Waals surface area contributed by atoms with E-state index in [2.05, 4.69) is 53.8 Å². The van der Waals surface area contributed by atoms with Crippen molar-refractivity contribution in [2.75, 3.05) is 31.1 Å². The molecule has 1 aliphatic heterocycles. The third-order valence-corrected chi connectivity index (χ3v) is 8.76. The van der Waals surface area contributed by atoms with E-state index in [1.165, 1.54) is 30.5 Å². The van der Waals surface area contributed by atoms with Gasteiger partial charge < -0.3 is 9.88 Å². The van der Waals surface area contributed by atoms with Crippen LogP contribution in [0.2, 0.25) is 0 Å².